The Morgan fingerprint density at radius 1 is 1.00 bits per heavy atom. The zero-order valence-electron chi connectivity index (χ0n) is 15.5. The molecule has 1 rings (SSSR count). The molecule has 0 bridgehead atoms. The number of amides is 2. The Bertz CT molecular complexity index is 415. The molecule has 6 nitrogen and oxygen atoms in total. The van der Waals surface area contributed by atoms with Crippen LogP contribution in [0.4, 0.5) is 0 Å². The fraction of sp³-hybridized carbons (Fsp3) is 0.889. The molecule has 4 N–H and O–H groups in total. The zero-order valence-corrected chi connectivity index (χ0v) is 15.5. The van der Waals surface area contributed by atoms with Gasteiger partial charge in [-0.15, -0.1) is 0 Å². The topological polar surface area (TPSA) is 104 Å². The van der Waals surface area contributed by atoms with Crippen molar-refractivity contribution in [3.63, 3.8) is 0 Å². The summed E-state index contributed by atoms with van der Waals surface area (Å²) in [4.78, 5) is 26.8. The highest BCUT2D eigenvalue weighted by Gasteiger charge is 2.53. The van der Waals surface area contributed by atoms with Crippen molar-refractivity contribution in [2.24, 2.45) is 23.0 Å². The van der Waals surface area contributed by atoms with E-state index in [4.69, 9.17) is 5.73 Å². The first kappa shape index (κ1) is 20.9. The second-order valence-corrected chi connectivity index (χ2v) is 7.94. The first-order valence-corrected chi connectivity index (χ1v) is 9.04. The van der Waals surface area contributed by atoms with Crippen molar-refractivity contribution < 1.29 is 19.8 Å². The smallest absolute Gasteiger partial charge is 0.238 e. The largest absolute Gasteiger partial charge is 0.394 e. The summed E-state index contributed by atoms with van der Waals surface area (Å²) in [7, 11) is 0. The maximum Gasteiger partial charge on any atom is 0.238 e. The molecule has 24 heavy (non-hydrogen) atoms. The SMILES string of the molecule is CC(C)C[C@H](CO)N(C(=O)C1(C(N)=O)CCC1)[C@@H](CO)CC(C)C. The van der Waals surface area contributed by atoms with Crippen LogP contribution >= 0.6 is 0 Å². The second kappa shape index (κ2) is 8.81. The van der Waals surface area contributed by atoms with Crippen LogP contribution in [0.2, 0.25) is 0 Å². The fourth-order valence-electron chi connectivity index (χ4n) is 3.61. The maximum absolute atomic E-state index is 13.3. The molecular formula is C18H34N2O4. The van der Waals surface area contributed by atoms with Crippen molar-refractivity contribution in [3.8, 4) is 0 Å². The van der Waals surface area contributed by atoms with Gasteiger partial charge in [-0.1, -0.05) is 34.1 Å². The summed E-state index contributed by atoms with van der Waals surface area (Å²) in [6, 6.07) is -0.824. The standard InChI is InChI=1S/C18H34N2O4/c1-12(2)8-14(10-21)20(15(11-22)9-13(3)4)17(24)18(16(19)23)6-5-7-18/h12-15,21-22H,5-11H2,1-4H3,(H2,19,23)/t14-,15-/m1/s1. The number of hydrogen-bond acceptors (Lipinski definition) is 4. The van der Waals surface area contributed by atoms with Gasteiger partial charge in [0.2, 0.25) is 11.8 Å². The number of hydrogen-bond donors (Lipinski definition) is 3. The summed E-state index contributed by atoms with van der Waals surface area (Å²) in [6.07, 6.45) is 2.94. The summed E-state index contributed by atoms with van der Waals surface area (Å²) in [6.45, 7) is 7.72. The number of rotatable bonds is 10. The molecule has 2 atom stereocenters. The van der Waals surface area contributed by atoms with Gasteiger partial charge in [-0.25, -0.2) is 0 Å². The molecule has 1 aliphatic rings. The average molecular weight is 342 g/mol. The van der Waals surface area contributed by atoms with Crippen LogP contribution in [-0.4, -0.2) is 52.2 Å². The molecule has 0 unspecified atom stereocenters. The molecule has 1 aliphatic carbocycles. The van der Waals surface area contributed by atoms with Gasteiger partial charge in [-0.3, -0.25) is 9.59 Å². The predicted molar refractivity (Wildman–Crippen MR) is 93.0 cm³/mol. The number of aliphatic hydroxyl groups is 2. The van der Waals surface area contributed by atoms with Crippen molar-refractivity contribution >= 4 is 11.8 Å². The molecule has 1 fully saturated rings. The molecule has 0 aliphatic heterocycles. The Labute approximate surface area is 145 Å². The van der Waals surface area contributed by atoms with E-state index in [9.17, 15) is 19.8 Å². The van der Waals surface area contributed by atoms with Crippen LogP contribution in [0, 0.1) is 17.3 Å². The van der Waals surface area contributed by atoms with Gasteiger partial charge in [0.1, 0.15) is 5.41 Å². The molecule has 0 aromatic rings. The highest BCUT2D eigenvalue weighted by Crippen LogP contribution is 2.43. The van der Waals surface area contributed by atoms with E-state index >= 15 is 0 Å². The third-order valence-electron chi connectivity index (χ3n) is 5.02. The van der Waals surface area contributed by atoms with E-state index in [1.807, 2.05) is 27.7 Å². The van der Waals surface area contributed by atoms with Crippen molar-refractivity contribution in [1.29, 1.82) is 0 Å². The lowest BCUT2D eigenvalue weighted by Gasteiger charge is -2.46. The van der Waals surface area contributed by atoms with E-state index in [1.54, 1.807) is 4.90 Å². The summed E-state index contributed by atoms with van der Waals surface area (Å²) in [5, 5.41) is 19.8. The summed E-state index contributed by atoms with van der Waals surface area (Å²) in [5.74, 6) is -0.351. The number of primary amides is 1. The van der Waals surface area contributed by atoms with E-state index in [0.29, 0.717) is 25.7 Å². The fourth-order valence-corrected chi connectivity index (χ4v) is 3.61. The molecule has 0 radical (unpaired) electrons. The maximum atomic E-state index is 13.3. The van der Waals surface area contributed by atoms with Crippen molar-refractivity contribution in [3.05, 3.63) is 0 Å². The summed E-state index contributed by atoms with van der Waals surface area (Å²) >= 11 is 0. The predicted octanol–water partition coefficient (Wildman–Crippen LogP) is 1.28. The van der Waals surface area contributed by atoms with Crippen molar-refractivity contribution in [2.75, 3.05) is 13.2 Å². The highest BCUT2D eigenvalue weighted by molar-refractivity contribution is 6.05. The highest BCUT2D eigenvalue weighted by atomic mass is 16.3. The number of carbonyl (C=O) groups is 2. The average Bonchev–Trinajstić information content (AvgIpc) is 2.42. The number of nitrogens with two attached hydrogens (primary N) is 1. The van der Waals surface area contributed by atoms with Crippen molar-refractivity contribution in [1.82, 2.24) is 4.90 Å². The van der Waals surface area contributed by atoms with Gasteiger partial charge >= 0.3 is 0 Å². The molecule has 1 saturated carbocycles. The Morgan fingerprint density at radius 3 is 1.62 bits per heavy atom. The van der Waals surface area contributed by atoms with Crippen LogP contribution in [0.25, 0.3) is 0 Å². The Balaban J connectivity index is 3.19. The van der Waals surface area contributed by atoms with Crippen LogP contribution in [0.3, 0.4) is 0 Å². The van der Waals surface area contributed by atoms with E-state index < -0.39 is 23.4 Å². The monoisotopic (exact) mass is 342 g/mol. The van der Waals surface area contributed by atoms with Gasteiger partial charge in [-0.05, 0) is 37.5 Å². The number of carbonyl (C=O) groups excluding carboxylic acids is 2. The lowest BCUT2D eigenvalue weighted by Crippen LogP contribution is -2.61. The first-order valence-electron chi connectivity index (χ1n) is 9.04. The summed E-state index contributed by atoms with van der Waals surface area (Å²) in [5.41, 5.74) is 4.39. The molecular weight excluding hydrogens is 308 g/mol. The summed E-state index contributed by atoms with van der Waals surface area (Å²) < 4.78 is 0. The van der Waals surface area contributed by atoms with Crippen LogP contribution in [-0.2, 0) is 9.59 Å². The lowest BCUT2D eigenvalue weighted by atomic mass is 9.66. The van der Waals surface area contributed by atoms with Gasteiger partial charge in [0.25, 0.3) is 0 Å². The number of aliphatic hydroxyl groups excluding tert-OH is 2. The third kappa shape index (κ3) is 4.48. The Kier molecular flexibility index (Phi) is 7.67. The number of nitrogens with zero attached hydrogens (tertiary/aromatic N) is 1. The van der Waals surface area contributed by atoms with Crippen LogP contribution < -0.4 is 5.73 Å². The first-order chi connectivity index (χ1) is 11.2. The minimum Gasteiger partial charge on any atom is -0.394 e. The molecule has 140 valence electrons. The van der Waals surface area contributed by atoms with E-state index in [-0.39, 0.29) is 31.0 Å². The van der Waals surface area contributed by atoms with E-state index in [0.717, 1.165) is 6.42 Å². The lowest BCUT2D eigenvalue weighted by molar-refractivity contribution is -0.162. The van der Waals surface area contributed by atoms with Crippen LogP contribution in [0.5, 0.6) is 0 Å². The van der Waals surface area contributed by atoms with Gasteiger partial charge in [0.15, 0.2) is 0 Å². The Morgan fingerprint density at radius 2 is 1.42 bits per heavy atom. The van der Waals surface area contributed by atoms with Gasteiger partial charge in [0, 0.05) is 0 Å². The van der Waals surface area contributed by atoms with Gasteiger partial charge in [0.05, 0.1) is 25.3 Å². The quantitative estimate of drug-likeness (QED) is 0.520. The van der Waals surface area contributed by atoms with Gasteiger partial charge in [-0.2, -0.15) is 0 Å². The Hall–Kier alpha value is -1.14. The van der Waals surface area contributed by atoms with Crippen LogP contribution in [0.1, 0.15) is 59.8 Å². The minimum atomic E-state index is -1.16. The molecule has 0 saturated heterocycles. The van der Waals surface area contributed by atoms with Crippen LogP contribution in [0.15, 0.2) is 0 Å². The molecule has 0 spiro atoms. The normalized spacial score (nSPS) is 19.0. The molecule has 0 aromatic carbocycles. The second-order valence-electron chi connectivity index (χ2n) is 7.94. The zero-order chi connectivity index (χ0) is 18.5. The molecule has 0 aromatic heterocycles. The molecule has 0 heterocycles. The van der Waals surface area contributed by atoms with E-state index in [1.165, 1.54) is 0 Å². The molecule has 2 amide bonds. The third-order valence-corrected chi connectivity index (χ3v) is 5.02. The van der Waals surface area contributed by atoms with E-state index in [2.05, 4.69) is 0 Å². The minimum absolute atomic E-state index is 0.187. The molecule has 6 heteroatoms. The van der Waals surface area contributed by atoms with Gasteiger partial charge < -0.3 is 20.8 Å². The van der Waals surface area contributed by atoms with Crippen molar-refractivity contribution in [2.45, 2.75) is 71.9 Å².